The molecule has 0 atom stereocenters. The van der Waals surface area contributed by atoms with Gasteiger partial charge in [0.25, 0.3) is 0 Å². The Morgan fingerprint density at radius 1 is 1.42 bits per heavy atom. The molecule has 0 unspecified atom stereocenters. The molecule has 0 saturated carbocycles. The molecular weight excluding hydrogens is 313 g/mol. The van der Waals surface area contributed by atoms with Crippen LogP contribution in [-0.4, -0.2) is 26.8 Å². The monoisotopic (exact) mass is 327 g/mol. The maximum Gasteiger partial charge on any atom is 0.170 e. The van der Waals surface area contributed by atoms with Gasteiger partial charge in [0.15, 0.2) is 5.82 Å². The summed E-state index contributed by atoms with van der Waals surface area (Å²) in [5.74, 6) is 0.755. The Balaban J connectivity index is 2.21. The lowest BCUT2D eigenvalue weighted by atomic mass is 10.2. The van der Waals surface area contributed by atoms with Crippen molar-refractivity contribution in [1.82, 2.24) is 25.5 Å². The van der Waals surface area contributed by atoms with Crippen LogP contribution in [-0.2, 0) is 6.54 Å². The Kier molecular flexibility index (Phi) is 4.60. The van der Waals surface area contributed by atoms with Gasteiger partial charge in [0.05, 0.1) is 6.54 Å². The predicted octanol–water partition coefficient (Wildman–Crippen LogP) is 2.31. The molecule has 0 radical (unpaired) electrons. The molecule has 0 saturated heterocycles. The van der Waals surface area contributed by atoms with E-state index in [9.17, 15) is 4.39 Å². The van der Waals surface area contributed by atoms with E-state index >= 15 is 0 Å². The van der Waals surface area contributed by atoms with Crippen molar-refractivity contribution in [1.29, 1.82) is 0 Å². The summed E-state index contributed by atoms with van der Waals surface area (Å²) in [5.41, 5.74) is 0.334. The first-order chi connectivity index (χ1) is 9.08. The zero-order chi connectivity index (χ0) is 13.8. The lowest BCUT2D eigenvalue weighted by molar-refractivity contribution is 0.534. The summed E-state index contributed by atoms with van der Waals surface area (Å²) in [6.07, 6.45) is 0. The molecule has 7 heteroatoms. The molecule has 0 spiro atoms. The van der Waals surface area contributed by atoms with Crippen LogP contribution in [0.1, 0.15) is 19.7 Å². The van der Waals surface area contributed by atoms with Crippen LogP contribution in [0.25, 0.3) is 5.69 Å². The lowest BCUT2D eigenvalue weighted by Gasteiger charge is -2.08. The van der Waals surface area contributed by atoms with E-state index in [4.69, 9.17) is 0 Å². The first-order valence-electron chi connectivity index (χ1n) is 6.01. The van der Waals surface area contributed by atoms with Gasteiger partial charge in [-0.25, -0.2) is 4.39 Å². The SMILES string of the molecule is CC(C)CNCc1nnnn1-c1cc(Br)ccc1F. The zero-order valence-corrected chi connectivity index (χ0v) is 12.4. The van der Waals surface area contributed by atoms with E-state index in [0.717, 1.165) is 11.0 Å². The standard InChI is InChI=1S/C12H15BrFN5/c1-8(2)6-15-7-12-16-17-18-19(12)11-5-9(13)3-4-10(11)14/h3-5,8,15H,6-7H2,1-2H3. The summed E-state index contributed by atoms with van der Waals surface area (Å²) in [6, 6.07) is 4.67. The van der Waals surface area contributed by atoms with Crippen molar-refractivity contribution in [2.24, 2.45) is 5.92 Å². The molecule has 0 aliphatic rings. The van der Waals surface area contributed by atoms with Crippen molar-refractivity contribution < 1.29 is 4.39 Å². The molecular formula is C12H15BrFN5. The van der Waals surface area contributed by atoms with Crippen molar-refractivity contribution in [2.75, 3.05) is 6.54 Å². The van der Waals surface area contributed by atoms with Gasteiger partial charge in [0.2, 0.25) is 0 Å². The molecule has 1 aromatic carbocycles. The van der Waals surface area contributed by atoms with Gasteiger partial charge >= 0.3 is 0 Å². The number of nitrogens with one attached hydrogen (secondary N) is 1. The van der Waals surface area contributed by atoms with Crippen molar-refractivity contribution >= 4 is 15.9 Å². The van der Waals surface area contributed by atoms with Gasteiger partial charge in [-0.15, -0.1) is 5.10 Å². The van der Waals surface area contributed by atoms with Gasteiger partial charge in [-0.3, -0.25) is 0 Å². The van der Waals surface area contributed by atoms with Crippen LogP contribution in [0.3, 0.4) is 0 Å². The Morgan fingerprint density at radius 3 is 2.95 bits per heavy atom. The third-order valence-corrected chi connectivity index (χ3v) is 3.00. The van der Waals surface area contributed by atoms with Gasteiger partial charge in [0.1, 0.15) is 11.5 Å². The smallest absolute Gasteiger partial charge is 0.170 e. The van der Waals surface area contributed by atoms with Crippen LogP contribution in [0.5, 0.6) is 0 Å². The molecule has 2 aromatic rings. The molecule has 1 aromatic heterocycles. The summed E-state index contributed by atoms with van der Waals surface area (Å²) in [7, 11) is 0. The fourth-order valence-corrected chi connectivity index (χ4v) is 1.97. The number of tetrazole rings is 1. The van der Waals surface area contributed by atoms with Crippen LogP contribution in [0.2, 0.25) is 0 Å². The maximum atomic E-state index is 13.8. The fraction of sp³-hybridized carbons (Fsp3) is 0.417. The molecule has 0 aliphatic heterocycles. The van der Waals surface area contributed by atoms with Gasteiger partial charge in [0, 0.05) is 4.47 Å². The highest BCUT2D eigenvalue weighted by Gasteiger charge is 2.12. The van der Waals surface area contributed by atoms with Gasteiger partial charge < -0.3 is 5.32 Å². The van der Waals surface area contributed by atoms with E-state index < -0.39 is 0 Å². The molecule has 0 aliphatic carbocycles. The second kappa shape index (κ2) is 6.21. The van der Waals surface area contributed by atoms with Crippen molar-refractivity contribution in [3.8, 4) is 5.69 Å². The van der Waals surface area contributed by atoms with Gasteiger partial charge in [-0.2, -0.15) is 4.68 Å². The van der Waals surface area contributed by atoms with E-state index in [1.54, 1.807) is 12.1 Å². The Morgan fingerprint density at radius 2 is 2.21 bits per heavy atom. The number of nitrogens with zero attached hydrogens (tertiary/aromatic N) is 4. The second-order valence-corrected chi connectivity index (χ2v) is 5.54. The largest absolute Gasteiger partial charge is 0.310 e. The fourth-order valence-electron chi connectivity index (χ4n) is 1.62. The molecule has 1 N–H and O–H groups in total. The first-order valence-corrected chi connectivity index (χ1v) is 6.80. The Bertz CT molecular complexity index is 555. The number of hydrogen-bond donors (Lipinski definition) is 1. The van der Waals surface area contributed by atoms with Crippen LogP contribution in [0.15, 0.2) is 22.7 Å². The summed E-state index contributed by atoms with van der Waals surface area (Å²) < 4.78 is 16.0. The number of halogens is 2. The Labute approximate surface area is 119 Å². The third-order valence-electron chi connectivity index (χ3n) is 2.51. The summed E-state index contributed by atoms with van der Waals surface area (Å²) in [6.45, 7) is 5.58. The minimum absolute atomic E-state index is 0.334. The molecule has 0 fully saturated rings. The minimum atomic E-state index is -0.361. The maximum absolute atomic E-state index is 13.8. The normalized spacial score (nSPS) is 11.2. The van der Waals surface area contributed by atoms with Gasteiger partial charge in [-0.05, 0) is 41.1 Å². The number of benzene rings is 1. The van der Waals surface area contributed by atoms with Crippen molar-refractivity contribution in [3.05, 3.63) is 34.3 Å². The average molecular weight is 328 g/mol. The molecule has 0 amide bonds. The molecule has 102 valence electrons. The van der Waals surface area contributed by atoms with Crippen LogP contribution < -0.4 is 5.32 Å². The minimum Gasteiger partial charge on any atom is -0.310 e. The van der Waals surface area contributed by atoms with E-state index in [1.165, 1.54) is 10.7 Å². The quantitative estimate of drug-likeness (QED) is 0.915. The third kappa shape index (κ3) is 3.57. The zero-order valence-electron chi connectivity index (χ0n) is 10.8. The first kappa shape index (κ1) is 14.1. The van der Waals surface area contributed by atoms with Crippen LogP contribution in [0.4, 0.5) is 4.39 Å². The molecule has 1 heterocycles. The second-order valence-electron chi connectivity index (χ2n) is 4.63. The molecule has 0 bridgehead atoms. The number of hydrogen-bond acceptors (Lipinski definition) is 4. The summed E-state index contributed by atoms with van der Waals surface area (Å²) >= 11 is 3.31. The van der Waals surface area contributed by atoms with Crippen LogP contribution >= 0.6 is 15.9 Å². The summed E-state index contributed by atoms with van der Waals surface area (Å²) in [5, 5.41) is 14.6. The molecule has 19 heavy (non-hydrogen) atoms. The lowest BCUT2D eigenvalue weighted by Crippen LogP contribution is -2.21. The van der Waals surface area contributed by atoms with E-state index in [1.807, 2.05) is 0 Å². The predicted molar refractivity (Wildman–Crippen MR) is 73.4 cm³/mol. The average Bonchev–Trinajstić information content (AvgIpc) is 2.80. The Hall–Kier alpha value is -1.34. The van der Waals surface area contributed by atoms with E-state index in [0.29, 0.717) is 24.0 Å². The highest BCUT2D eigenvalue weighted by Crippen LogP contribution is 2.19. The highest BCUT2D eigenvalue weighted by molar-refractivity contribution is 9.10. The number of rotatable bonds is 5. The molecule has 5 nitrogen and oxygen atoms in total. The van der Waals surface area contributed by atoms with E-state index in [-0.39, 0.29) is 5.82 Å². The molecule has 2 rings (SSSR count). The van der Waals surface area contributed by atoms with Crippen molar-refractivity contribution in [2.45, 2.75) is 20.4 Å². The number of aromatic nitrogens is 4. The van der Waals surface area contributed by atoms with Gasteiger partial charge in [-0.1, -0.05) is 29.8 Å². The summed E-state index contributed by atoms with van der Waals surface area (Å²) in [4.78, 5) is 0. The highest BCUT2D eigenvalue weighted by atomic mass is 79.9. The van der Waals surface area contributed by atoms with Crippen molar-refractivity contribution in [3.63, 3.8) is 0 Å². The topological polar surface area (TPSA) is 55.6 Å². The van der Waals surface area contributed by atoms with Crippen LogP contribution in [0, 0.1) is 11.7 Å². The van der Waals surface area contributed by atoms with E-state index in [2.05, 4.69) is 50.6 Å².